The molecule has 0 saturated heterocycles. The van der Waals surface area contributed by atoms with E-state index in [0.29, 0.717) is 40.8 Å². The number of anilines is 2. The number of aromatic nitrogens is 3. The van der Waals surface area contributed by atoms with E-state index in [1.165, 1.54) is 0 Å². The molecule has 0 amide bonds. The topological polar surface area (TPSA) is 98.5 Å². The largest absolute Gasteiger partial charge is 0.401 e. The Morgan fingerprint density at radius 2 is 1.91 bits per heavy atom. The van der Waals surface area contributed by atoms with Crippen LogP contribution < -0.4 is 16.2 Å². The number of hydrogen-bond acceptors (Lipinski definition) is 5. The van der Waals surface area contributed by atoms with E-state index in [1.807, 2.05) is 0 Å². The molecule has 174 valence electrons. The van der Waals surface area contributed by atoms with E-state index in [9.17, 15) is 23.2 Å². The predicted octanol–water partition coefficient (Wildman–Crippen LogP) is 4.86. The number of halogens is 3. The molecule has 1 aromatic carbocycles. The number of rotatable bonds is 6. The molecule has 3 aromatic rings. The highest BCUT2D eigenvalue weighted by Gasteiger charge is 2.37. The summed E-state index contributed by atoms with van der Waals surface area (Å²) in [6.45, 7) is 0.593. The summed E-state index contributed by atoms with van der Waals surface area (Å²) in [6, 6.07) is 10.6. The molecule has 10 heteroatoms. The van der Waals surface area contributed by atoms with Gasteiger partial charge >= 0.3 is 6.18 Å². The number of pyridine rings is 1. The number of alkyl halides is 3. The Labute approximate surface area is 188 Å². The summed E-state index contributed by atoms with van der Waals surface area (Å²) in [5, 5.41) is 20.6. The fourth-order valence-corrected chi connectivity index (χ4v) is 4.38. The quantitative estimate of drug-likeness (QED) is 0.490. The predicted molar refractivity (Wildman–Crippen MR) is 119 cm³/mol. The molecule has 7 nitrogen and oxygen atoms in total. The van der Waals surface area contributed by atoms with Crippen molar-refractivity contribution in [1.29, 1.82) is 5.26 Å². The van der Waals surface area contributed by atoms with Gasteiger partial charge in [-0.05, 0) is 56.4 Å². The number of aromatic amines is 1. The van der Waals surface area contributed by atoms with Crippen LogP contribution in [0.15, 0.2) is 41.3 Å². The Hall–Kier alpha value is -3.32. The monoisotopic (exact) mass is 458 g/mol. The van der Waals surface area contributed by atoms with Gasteiger partial charge < -0.3 is 15.6 Å². The van der Waals surface area contributed by atoms with Gasteiger partial charge in [0.05, 0.1) is 18.1 Å². The zero-order valence-corrected chi connectivity index (χ0v) is 18.2. The molecule has 1 aliphatic rings. The van der Waals surface area contributed by atoms with Crippen molar-refractivity contribution in [2.24, 2.45) is 0 Å². The molecule has 1 unspecified atom stereocenters. The number of nitrogens with zero attached hydrogens (tertiary/aromatic N) is 3. The Bertz CT molecular complexity index is 1220. The van der Waals surface area contributed by atoms with Crippen LogP contribution in [0.4, 0.5) is 24.7 Å². The van der Waals surface area contributed by atoms with Gasteiger partial charge in [0.25, 0.3) is 5.56 Å². The highest BCUT2D eigenvalue weighted by Crippen LogP contribution is 2.37. The maximum absolute atomic E-state index is 12.6. The van der Waals surface area contributed by atoms with Crippen LogP contribution in [0.2, 0.25) is 0 Å². The lowest BCUT2D eigenvalue weighted by Crippen LogP contribution is -2.35. The number of H-pyrrole nitrogens is 1. The van der Waals surface area contributed by atoms with Gasteiger partial charge in [-0.15, -0.1) is 0 Å². The molecule has 1 saturated carbocycles. The van der Waals surface area contributed by atoms with Crippen LogP contribution in [0, 0.1) is 11.3 Å². The van der Waals surface area contributed by atoms with Crippen molar-refractivity contribution >= 4 is 22.4 Å². The van der Waals surface area contributed by atoms with Gasteiger partial charge in [-0.2, -0.15) is 23.5 Å². The van der Waals surface area contributed by atoms with E-state index in [4.69, 9.17) is 0 Å². The van der Waals surface area contributed by atoms with E-state index in [-0.39, 0.29) is 5.56 Å². The van der Waals surface area contributed by atoms with Gasteiger partial charge in [-0.25, -0.2) is 4.68 Å². The molecule has 2 aromatic heterocycles. The highest BCUT2D eigenvalue weighted by atomic mass is 19.4. The van der Waals surface area contributed by atoms with Crippen molar-refractivity contribution in [2.45, 2.75) is 56.8 Å². The third-order valence-corrected chi connectivity index (χ3v) is 6.18. The first-order chi connectivity index (χ1) is 15.7. The van der Waals surface area contributed by atoms with Crippen LogP contribution >= 0.6 is 0 Å². The lowest BCUT2D eigenvalue weighted by molar-refractivity contribution is -0.126. The fourth-order valence-electron chi connectivity index (χ4n) is 4.38. The van der Waals surface area contributed by atoms with Crippen LogP contribution in [0.5, 0.6) is 0 Å². The molecular weight excluding hydrogens is 433 g/mol. The van der Waals surface area contributed by atoms with Crippen molar-refractivity contribution in [1.82, 2.24) is 20.1 Å². The Balaban J connectivity index is 1.63. The molecule has 4 rings (SSSR count). The Morgan fingerprint density at radius 1 is 1.21 bits per heavy atom. The average molecular weight is 458 g/mol. The SMILES string of the molecule is CC(NCC(F)(F)F)c1ccc(Nc2nn(C3(C#N)CCCCC3)c3cc[nH]c(=O)c23)cc1. The molecule has 0 radical (unpaired) electrons. The molecule has 3 N–H and O–H groups in total. The second-order valence-electron chi connectivity index (χ2n) is 8.50. The summed E-state index contributed by atoms with van der Waals surface area (Å²) in [7, 11) is 0. The normalized spacial score (nSPS) is 16.9. The van der Waals surface area contributed by atoms with E-state index >= 15 is 0 Å². The summed E-state index contributed by atoms with van der Waals surface area (Å²) in [4.78, 5) is 15.3. The summed E-state index contributed by atoms with van der Waals surface area (Å²) in [6.07, 6.45) is 1.52. The van der Waals surface area contributed by atoms with E-state index in [2.05, 4.69) is 26.8 Å². The molecule has 1 fully saturated rings. The van der Waals surface area contributed by atoms with E-state index in [1.54, 1.807) is 48.1 Å². The number of nitrogens with one attached hydrogen (secondary N) is 3. The Morgan fingerprint density at radius 3 is 2.55 bits per heavy atom. The number of hydrogen-bond donors (Lipinski definition) is 3. The van der Waals surface area contributed by atoms with Crippen LogP contribution in [0.3, 0.4) is 0 Å². The second-order valence-corrected chi connectivity index (χ2v) is 8.50. The van der Waals surface area contributed by atoms with E-state index < -0.39 is 24.3 Å². The molecule has 1 atom stereocenters. The smallest absolute Gasteiger partial charge is 0.338 e. The fraction of sp³-hybridized carbons (Fsp3) is 0.435. The Kier molecular flexibility index (Phi) is 6.17. The van der Waals surface area contributed by atoms with E-state index in [0.717, 1.165) is 19.3 Å². The van der Waals surface area contributed by atoms with Gasteiger partial charge in [0.2, 0.25) is 0 Å². The minimum atomic E-state index is -4.28. The average Bonchev–Trinajstić information content (AvgIpc) is 3.18. The molecule has 2 heterocycles. The summed E-state index contributed by atoms with van der Waals surface area (Å²) < 4.78 is 39.1. The van der Waals surface area contributed by atoms with Gasteiger partial charge in [-0.3, -0.25) is 4.79 Å². The highest BCUT2D eigenvalue weighted by molar-refractivity contribution is 5.91. The maximum atomic E-state index is 12.6. The second kappa shape index (κ2) is 8.90. The first-order valence-electron chi connectivity index (χ1n) is 10.9. The number of nitriles is 1. The molecule has 33 heavy (non-hydrogen) atoms. The third-order valence-electron chi connectivity index (χ3n) is 6.18. The lowest BCUT2D eigenvalue weighted by atomic mass is 9.83. The van der Waals surface area contributed by atoms with Crippen molar-refractivity contribution < 1.29 is 13.2 Å². The molecule has 0 aliphatic heterocycles. The van der Waals surface area contributed by atoms with Gasteiger partial charge in [0, 0.05) is 17.9 Å². The number of fused-ring (bicyclic) bond motifs is 1. The summed E-state index contributed by atoms with van der Waals surface area (Å²) >= 11 is 0. The van der Waals surface area contributed by atoms with Crippen LogP contribution in [-0.2, 0) is 5.54 Å². The molecule has 1 aliphatic carbocycles. The van der Waals surface area contributed by atoms with Gasteiger partial charge in [0.15, 0.2) is 5.82 Å². The summed E-state index contributed by atoms with van der Waals surface area (Å²) in [5.41, 5.74) is 0.807. The van der Waals surface area contributed by atoms with Gasteiger partial charge in [-0.1, -0.05) is 18.6 Å². The number of benzene rings is 1. The van der Waals surface area contributed by atoms with Crippen molar-refractivity contribution in [3.63, 3.8) is 0 Å². The minimum Gasteiger partial charge on any atom is -0.338 e. The molecule has 0 bridgehead atoms. The summed E-state index contributed by atoms with van der Waals surface area (Å²) in [5.74, 6) is 0.336. The lowest BCUT2D eigenvalue weighted by Gasteiger charge is -2.31. The van der Waals surface area contributed by atoms with Crippen molar-refractivity contribution in [3.05, 3.63) is 52.4 Å². The van der Waals surface area contributed by atoms with Crippen LogP contribution in [-0.4, -0.2) is 27.5 Å². The third kappa shape index (κ3) is 4.73. The van der Waals surface area contributed by atoms with Crippen LogP contribution in [0.1, 0.15) is 50.6 Å². The zero-order chi connectivity index (χ0) is 23.6. The van der Waals surface area contributed by atoms with Crippen LogP contribution in [0.25, 0.3) is 10.9 Å². The first-order valence-corrected chi connectivity index (χ1v) is 10.9. The van der Waals surface area contributed by atoms with Crippen molar-refractivity contribution in [2.75, 3.05) is 11.9 Å². The zero-order valence-electron chi connectivity index (χ0n) is 18.2. The maximum Gasteiger partial charge on any atom is 0.401 e. The molecule has 0 spiro atoms. The van der Waals surface area contributed by atoms with Crippen molar-refractivity contribution in [3.8, 4) is 6.07 Å². The molecular formula is C23H25F3N6O. The first kappa shape index (κ1) is 22.9. The van der Waals surface area contributed by atoms with Gasteiger partial charge in [0.1, 0.15) is 10.9 Å². The minimum absolute atomic E-state index is 0.313. The standard InChI is InChI=1S/C23H25F3N6O/c1-15(29-14-23(24,25)26)16-5-7-17(8-6-16)30-20-19-18(9-12-28-21(19)33)32(31-20)22(13-27)10-3-2-4-11-22/h5-9,12,15,29H,2-4,10-11,14H2,1H3,(H,28,33)(H,30,31).